The second kappa shape index (κ2) is 10.0. The van der Waals surface area contributed by atoms with E-state index in [0.29, 0.717) is 21.3 Å². The van der Waals surface area contributed by atoms with Crippen molar-refractivity contribution in [3.63, 3.8) is 0 Å². The summed E-state index contributed by atoms with van der Waals surface area (Å²) in [6.07, 6.45) is 1.34. The van der Waals surface area contributed by atoms with Gasteiger partial charge in [-0.3, -0.25) is 14.9 Å². The number of rotatable bonds is 5. The molecular formula is C26H19BrClFN2O4. The molecule has 1 N–H and O–H groups in total. The minimum Gasteiger partial charge on any atom is -0.486 e. The molecule has 0 spiro atoms. The fourth-order valence-electron chi connectivity index (χ4n) is 3.70. The van der Waals surface area contributed by atoms with E-state index < -0.39 is 23.7 Å². The molecule has 1 aliphatic heterocycles. The van der Waals surface area contributed by atoms with Crippen LogP contribution < -0.4 is 15.0 Å². The van der Waals surface area contributed by atoms with Gasteiger partial charge < -0.3 is 4.74 Å². The number of anilines is 1. The number of ether oxygens (including phenoxy) is 1. The van der Waals surface area contributed by atoms with Crippen LogP contribution >= 0.6 is 27.5 Å². The molecule has 0 radical (unpaired) electrons. The van der Waals surface area contributed by atoms with E-state index in [1.807, 2.05) is 19.9 Å². The Labute approximate surface area is 214 Å². The van der Waals surface area contributed by atoms with E-state index in [1.165, 1.54) is 18.2 Å². The first-order chi connectivity index (χ1) is 16.6. The summed E-state index contributed by atoms with van der Waals surface area (Å²) in [7, 11) is 0. The number of benzene rings is 3. The maximum absolute atomic E-state index is 13.9. The number of aryl methyl sites for hydroxylation is 2. The number of carbonyl (C=O) groups is 3. The van der Waals surface area contributed by atoms with E-state index in [0.717, 1.165) is 16.0 Å². The number of urea groups is 1. The summed E-state index contributed by atoms with van der Waals surface area (Å²) in [6.45, 7) is 3.65. The Morgan fingerprint density at radius 1 is 1.06 bits per heavy atom. The third-order valence-electron chi connectivity index (χ3n) is 5.23. The van der Waals surface area contributed by atoms with Gasteiger partial charge >= 0.3 is 6.03 Å². The number of amides is 4. The quantitative estimate of drug-likeness (QED) is 0.304. The molecule has 1 fully saturated rings. The zero-order chi connectivity index (χ0) is 25.3. The number of hydrogen-bond acceptors (Lipinski definition) is 4. The summed E-state index contributed by atoms with van der Waals surface area (Å²) in [5.74, 6) is -1.68. The molecule has 3 aromatic rings. The van der Waals surface area contributed by atoms with Crippen LogP contribution in [0.4, 0.5) is 14.9 Å². The summed E-state index contributed by atoms with van der Waals surface area (Å²) in [4.78, 5) is 39.1. The lowest BCUT2D eigenvalue weighted by Gasteiger charge is -2.27. The van der Waals surface area contributed by atoms with Crippen molar-refractivity contribution < 1.29 is 23.5 Å². The van der Waals surface area contributed by atoms with Gasteiger partial charge in [-0.25, -0.2) is 14.1 Å². The fourth-order valence-corrected chi connectivity index (χ4v) is 4.69. The van der Waals surface area contributed by atoms with Gasteiger partial charge in [0.15, 0.2) is 5.75 Å². The van der Waals surface area contributed by atoms with Crippen molar-refractivity contribution in [1.82, 2.24) is 5.32 Å². The minimum absolute atomic E-state index is 0.0424. The molecule has 4 amide bonds. The molecule has 1 saturated heterocycles. The second-order valence-corrected chi connectivity index (χ2v) is 9.26. The van der Waals surface area contributed by atoms with E-state index in [9.17, 15) is 18.8 Å². The lowest BCUT2D eigenvalue weighted by atomic mass is 10.1. The SMILES string of the molecule is Cc1cc(C)cc(N2C(=O)NC(=O)/C(=C\c3cc(Cl)c(OCc4ccccc4F)c(Br)c3)C2=O)c1. The predicted molar refractivity (Wildman–Crippen MR) is 135 cm³/mol. The summed E-state index contributed by atoms with van der Waals surface area (Å²) >= 11 is 9.76. The van der Waals surface area contributed by atoms with E-state index in [2.05, 4.69) is 21.2 Å². The van der Waals surface area contributed by atoms with Crippen LogP contribution in [0.5, 0.6) is 5.75 Å². The highest BCUT2D eigenvalue weighted by Gasteiger charge is 2.37. The van der Waals surface area contributed by atoms with Gasteiger partial charge in [0.2, 0.25) is 0 Å². The van der Waals surface area contributed by atoms with Gasteiger partial charge in [-0.05, 0) is 82.9 Å². The Morgan fingerprint density at radius 2 is 1.74 bits per heavy atom. The lowest BCUT2D eigenvalue weighted by Crippen LogP contribution is -2.54. The van der Waals surface area contributed by atoms with Crippen LogP contribution in [0.1, 0.15) is 22.3 Å². The number of carbonyl (C=O) groups excluding carboxylic acids is 3. The van der Waals surface area contributed by atoms with Crippen LogP contribution in [0.3, 0.4) is 0 Å². The normalized spacial score (nSPS) is 14.9. The van der Waals surface area contributed by atoms with Crippen LogP contribution in [-0.2, 0) is 16.2 Å². The van der Waals surface area contributed by atoms with Crippen LogP contribution in [0, 0.1) is 19.7 Å². The number of halogens is 3. The number of nitrogens with zero attached hydrogens (tertiary/aromatic N) is 1. The monoisotopic (exact) mass is 556 g/mol. The van der Waals surface area contributed by atoms with Gasteiger partial charge in [0, 0.05) is 5.56 Å². The summed E-state index contributed by atoms with van der Waals surface area (Å²) in [6, 6.07) is 13.8. The third kappa shape index (κ3) is 5.28. The molecular weight excluding hydrogens is 539 g/mol. The smallest absolute Gasteiger partial charge is 0.335 e. The molecule has 1 aliphatic rings. The molecule has 0 atom stereocenters. The highest BCUT2D eigenvalue weighted by molar-refractivity contribution is 9.10. The molecule has 1 heterocycles. The molecule has 0 unspecified atom stereocenters. The Bertz CT molecular complexity index is 1360. The maximum Gasteiger partial charge on any atom is 0.335 e. The predicted octanol–water partition coefficient (Wildman–Crippen LogP) is 6.10. The average Bonchev–Trinajstić information content (AvgIpc) is 2.76. The van der Waals surface area contributed by atoms with Crippen molar-refractivity contribution in [3.05, 3.63) is 97.7 Å². The second-order valence-electron chi connectivity index (χ2n) is 8.00. The van der Waals surface area contributed by atoms with Crippen molar-refractivity contribution in [3.8, 4) is 5.75 Å². The molecule has 9 heteroatoms. The Kier molecular flexibility index (Phi) is 7.05. The van der Waals surface area contributed by atoms with Gasteiger partial charge in [-0.15, -0.1) is 0 Å². The van der Waals surface area contributed by atoms with Crippen LogP contribution in [0.15, 0.2) is 64.6 Å². The van der Waals surface area contributed by atoms with Crippen LogP contribution in [0.25, 0.3) is 6.08 Å². The van der Waals surface area contributed by atoms with Gasteiger partial charge in [-0.1, -0.05) is 35.9 Å². The van der Waals surface area contributed by atoms with E-state index in [1.54, 1.807) is 36.4 Å². The van der Waals surface area contributed by atoms with E-state index >= 15 is 0 Å². The molecule has 0 aromatic heterocycles. The largest absolute Gasteiger partial charge is 0.486 e. The van der Waals surface area contributed by atoms with Crippen molar-refractivity contribution in [2.24, 2.45) is 0 Å². The molecule has 0 bridgehead atoms. The number of nitrogens with one attached hydrogen (secondary N) is 1. The molecule has 0 aliphatic carbocycles. The van der Waals surface area contributed by atoms with Gasteiger partial charge in [-0.2, -0.15) is 0 Å². The first-order valence-corrected chi connectivity index (χ1v) is 11.7. The van der Waals surface area contributed by atoms with E-state index in [4.69, 9.17) is 16.3 Å². The molecule has 3 aromatic carbocycles. The van der Waals surface area contributed by atoms with Crippen molar-refractivity contribution in [2.45, 2.75) is 20.5 Å². The highest BCUT2D eigenvalue weighted by Crippen LogP contribution is 2.36. The molecule has 0 saturated carbocycles. The van der Waals surface area contributed by atoms with Crippen LogP contribution in [0.2, 0.25) is 5.02 Å². The molecule has 35 heavy (non-hydrogen) atoms. The molecule has 6 nitrogen and oxygen atoms in total. The van der Waals surface area contributed by atoms with Crippen molar-refractivity contribution in [1.29, 1.82) is 0 Å². The minimum atomic E-state index is -0.821. The first kappa shape index (κ1) is 24.6. The summed E-state index contributed by atoms with van der Waals surface area (Å²) in [5.41, 5.74) is 2.65. The Hall–Kier alpha value is -3.49. The van der Waals surface area contributed by atoms with Gasteiger partial charge in [0.25, 0.3) is 11.8 Å². The van der Waals surface area contributed by atoms with Gasteiger partial charge in [0.05, 0.1) is 15.2 Å². The fraction of sp³-hybridized carbons (Fsp3) is 0.115. The number of barbiturate groups is 1. The number of imide groups is 2. The third-order valence-corrected chi connectivity index (χ3v) is 6.10. The molecule has 4 rings (SSSR count). The van der Waals surface area contributed by atoms with Crippen molar-refractivity contribution in [2.75, 3.05) is 4.90 Å². The average molecular weight is 558 g/mol. The Morgan fingerprint density at radius 3 is 2.40 bits per heavy atom. The maximum atomic E-state index is 13.9. The van der Waals surface area contributed by atoms with Gasteiger partial charge in [0.1, 0.15) is 18.0 Å². The molecule has 178 valence electrons. The lowest BCUT2D eigenvalue weighted by molar-refractivity contribution is -0.122. The highest BCUT2D eigenvalue weighted by atomic mass is 79.9. The number of hydrogen-bond donors (Lipinski definition) is 1. The Balaban J connectivity index is 1.63. The zero-order valence-electron chi connectivity index (χ0n) is 18.7. The summed E-state index contributed by atoms with van der Waals surface area (Å²) in [5, 5.41) is 2.39. The van der Waals surface area contributed by atoms with Crippen molar-refractivity contribution >= 4 is 57.1 Å². The van der Waals surface area contributed by atoms with E-state index in [-0.39, 0.29) is 23.0 Å². The summed E-state index contributed by atoms with van der Waals surface area (Å²) < 4.78 is 20.0. The van der Waals surface area contributed by atoms with Crippen LogP contribution in [-0.4, -0.2) is 17.8 Å². The zero-order valence-corrected chi connectivity index (χ0v) is 21.0. The first-order valence-electron chi connectivity index (χ1n) is 10.5. The topological polar surface area (TPSA) is 75.7 Å². The standard InChI is InChI=1S/C26H19BrClFN2O4/c1-14-7-15(2)9-18(8-14)31-25(33)19(24(32)30-26(31)34)10-16-11-20(27)23(21(28)12-16)35-13-17-5-3-4-6-22(17)29/h3-12H,13H2,1-2H3,(H,30,32,34)/b19-10+.